The molecule has 0 atom stereocenters. The first-order valence-corrected chi connectivity index (χ1v) is 8.89. The number of rotatable bonds is 4. The summed E-state index contributed by atoms with van der Waals surface area (Å²) in [6, 6.07) is 10.5. The second kappa shape index (κ2) is 7.03. The van der Waals surface area contributed by atoms with Crippen LogP contribution in [-0.4, -0.2) is 40.1 Å². The average molecular weight is 384 g/mol. The second-order valence-corrected chi connectivity index (χ2v) is 6.77. The molecule has 0 saturated carbocycles. The molecule has 1 fully saturated rings. The minimum Gasteiger partial charge on any atom is -0.478 e. The number of carboxylic acid groups (broad SMARTS) is 1. The van der Waals surface area contributed by atoms with E-state index in [4.69, 9.17) is 5.11 Å². The Morgan fingerprint density at radius 1 is 1.11 bits per heavy atom. The first-order chi connectivity index (χ1) is 13.4. The molecule has 1 aliphatic heterocycles. The number of nitrogens with zero attached hydrogens (tertiary/aromatic N) is 3. The van der Waals surface area contributed by atoms with Crippen molar-refractivity contribution in [3.63, 3.8) is 0 Å². The third kappa shape index (κ3) is 3.71. The number of alkyl halides is 2. The summed E-state index contributed by atoms with van der Waals surface area (Å²) < 4.78 is 26.9. The van der Waals surface area contributed by atoms with Crippen LogP contribution in [0.25, 0.3) is 10.9 Å². The van der Waals surface area contributed by atoms with Crippen molar-refractivity contribution in [3.05, 3.63) is 54.4 Å². The molecular weight excluding hydrogens is 366 g/mol. The first kappa shape index (κ1) is 18.1. The van der Waals surface area contributed by atoms with E-state index in [0.29, 0.717) is 18.9 Å². The van der Waals surface area contributed by atoms with Crippen LogP contribution in [0.5, 0.6) is 0 Å². The Hall–Kier alpha value is -3.29. The van der Waals surface area contributed by atoms with Crippen molar-refractivity contribution in [3.8, 4) is 0 Å². The fourth-order valence-electron chi connectivity index (χ4n) is 3.26. The minimum atomic E-state index is -2.59. The van der Waals surface area contributed by atoms with Crippen LogP contribution in [0.3, 0.4) is 0 Å². The zero-order chi connectivity index (χ0) is 19.7. The number of fused-ring (bicyclic) bond motifs is 1. The van der Waals surface area contributed by atoms with Crippen LogP contribution in [0.4, 0.5) is 26.0 Å². The third-order valence-electron chi connectivity index (χ3n) is 4.86. The van der Waals surface area contributed by atoms with Crippen LogP contribution >= 0.6 is 0 Å². The Morgan fingerprint density at radius 3 is 2.57 bits per heavy atom. The molecule has 1 aromatic carbocycles. The van der Waals surface area contributed by atoms with Crippen molar-refractivity contribution in [2.24, 2.45) is 0 Å². The van der Waals surface area contributed by atoms with E-state index in [2.05, 4.69) is 15.3 Å². The van der Waals surface area contributed by atoms with Gasteiger partial charge in [0.2, 0.25) is 0 Å². The van der Waals surface area contributed by atoms with Gasteiger partial charge in [0.1, 0.15) is 5.82 Å². The zero-order valence-electron chi connectivity index (χ0n) is 14.9. The highest BCUT2D eigenvalue weighted by atomic mass is 19.3. The summed E-state index contributed by atoms with van der Waals surface area (Å²) in [6.45, 7) is 0.611. The Labute approximate surface area is 159 Å². The predicted octanol–water partition coefficient (Wildman–Crippen LogP) is 4.31. The number of anilines is 3. The molecule has 1 aliphatic rings. The van der Waals surface area contributed by atoms with E-state index in [1.54, 1.807) is 18.3 Å². The predicted molar refractivity (Wildman–Crippen MR) is 103 cm³/mol. The lowest BCUT2D eigenvalue weighted by Crippen LogP contribution is -2.39. The van der Waals surface area contributed by atoms with Crippen molar-refractivity contribution >= 4 is 34.1 Å². The van der Waals surface area contributed by atoms with Crippen LogP contribution in [0, 0.1) is 0 Å². The Balaban J connectivity index is 1.62. The highest BCUT2D eigenvalue weighted by Crippen LogP contribution is 2.33. The number of aromatic nitrogens is 2. The number of carboxylic acids is 1. The smallest absolute Gasteiger partial charge is 0.337 e. The molecule has 0 unspecified atom stereocenters. The summed E-state index contributed by atoms with van der Waals surface area (Å²) in [5, 5.41) is 13.0. The summed E-state index contributed by atoms with van der Waals surface area (Å²) >= 11 is 0. The molecule has 28 heavy (non-hydrogen) atoms. The molecular formula is C20H18F2N4O2. The monoisotopic (exact) mass is 384 g/mol. The van der Waals surface area contributed by atoms with Gasteiger partial charge >= 0.3 is 5.97 Å². The van der Waals surface area contributed by atoms with Crippen molar-refractivity contribution in [2.45, 2.75) is 18.8 Å². The normalized spacial score (nSPS) is 16.1. The van der Waals surface area contributed by atoms with E-state index in [-0.39, 0.29) is 18.4 Å². The maximum absolute atomic E-state index is 13.4. The minimum absolute atomic E-state index is 0.106. The number of hydrogen-bond acceptors (Lipinski definition) is 5. The molecule has 2 N–H and O–H groups in total. The van der Waals surface area contributed by atoms with Crippen LogP contribution in [0.1, 0.15) is 23.2 Å². The van der Waals surface area contributed by atoms with Gasteiger partial charge in [0.15, 0.2) is 0 Å². The molecule has 6 nitrogen and oxygen atoms in total. The Bertz CT molecular complexity index is 1010. The quantitative estimate of drug-likeness (QED) is 0.698. The fourth-order valence-corrected chi connectivity index (χ4v) is 3.26. The van der Waals surface area contributed by atoms with E-state index in [1.165, 1.54) is 12.3 Å². The lowest BCUT2D eigenvalue weighted by atomic mass is 10.1. The van der Waals surface area contributed by atoms with Gasteiger partial charge in [0.25, 0.3) is 5.92 Å². The highest BCUT2D eigenvalue weighted by molar-refractivity contribution is 5.95. The molecule has 4 rings (SSSR count). The van der Waals surface area contributed by atoms with Crippen LogP contribution < -0.4 is 10.2 Å². The highest BCUT2D eigenvalue weighted by Gasteiger charge is 2.34. The maximum Gasteiger partial charge on any atom is 0.337 e. The van der Waals surface area contributed by atoms with Gasteiger partial charge in [-0.3, -0.25) is 4.98 Å². The largest absolute Gasteiger partial charge is 0.478 e. The Kier molecular flexibility index (Phi) is 4.54. The van der Waals surface area contributed by atoms with Crippen molar-refractivity contribution in [1.29, 1.82) is 0 Å². The Morgan fingerprint density at radius 2 is 1.89 bits per heavy atom. The average Bonchev–Trinajstić information content (AvgIpc) is 2.68. The number of pyridine rings is 2. The lowest BCUT2D eigenvalue weighted by Gasteiger charge is -2.33. The molecule has 1 saturated heterocycles. The molecule has 2 aromatic heterocycles. The number of hydrogen-bond donors (Lipinski definition) is 2. The molecule has 3 heterocycles. The SMILES string of the molecule is O=C(O)c1ccc(Nc2ccnc3ccc(N4CCC(F)(F)CC4)cc23)nc1. The standard InChI is InChI=1S/C20H18F2N4O2/c21-20(22)6-9-26(10-7-20)14-2-3-16-15(11-14)17(5-8-23-16)25-18-4-1-13(12-24-18)19(27)28/h1-5,8,11-12H,6-7,9-10H2,(H,27,28)(H,23,24,25). The van der Waals surface area contributed by atoms with Gasteiger partial charge < -0.3 is 15.3 Å². The van der Waals surface area contributed by atoms with Crippen LogP contribution in [0.15, 0.2) is 48.8 Å². The van der Waals surface area contributed by atoms with E-state index in [0.717, 1.165) is 22.3 Å². The molecule has 0 bridgehead atoms. The van der Waals surface area contributed by atoms with E-state index < -0.39 is 11.9 Å². The molecule has 3 aromatic rings. The summed E-state index contributed by atoms with van der Waals surface area (Å²) in [4.78, 5) is 21.4. The van der Waals surface area contributed by atoms with Gasteiger partial charge in [0, 0.05) is 49.4 Å². The van der Waals surface area contributed by atoms with E-state index >= 15 is 0 Å². The van der Waals surface area contributed by atoms with E-state index in [1.807, 2.05) is 23.1 Å². The number of carbonyl (C=O) groups is 1. The summed E-state index contributed by atoms with van der Waals surface area (Å²) in [6.07, 6.45) is 2.65. The number of nitrogens with one attached hydrogen (secondary N) is 1. The summed E-state index contributed by atoms with van der Waals surface area (Å²) in [5.74, 6) is -3.12. The van der Waals surface area contributed by atoms with Gasteiger partial charge in [0.05, 0.1) is 16.8 Å². The topological polar surface area (TPSA) is 78.3 Å². The van der Waals surface area contributed by atoms with Gasteiger partial charge in [-0.1, -0.05) is 0 Å². The fraction of sp³-hybridized carbons (Fsp3) is 0.250. The van der Waals surface area contributed by atoms with Crippen molar-refractivity contribution in [2.75, 3.05) is 23.3 Å². The zero-order valence-corrected chi connectivity index (χ0v) is 14.9. The first-order valence-electron chi connectivity index (χ1n) is 8.89. The summed E-state index contributed by atoms with van der Waals surface area (Å²) in [7, 11) is 0. The van der Waals surface area contributed by atoms with Crippen LogP contribution in [-0.2, 0) is 0 Å². The van der Waals surface area contributed by atoms with E-state index in [9.17, 15) is 13.6 Å². The molecule has 0 aliphatic carbocycles. The number of aromatic carboxylic acids is 1. The molecule has 0 amide bonds. The molecule has 144 valence electrons. The van der Waals surface area contributed by atoms with Gasteiger partial charge in [-0.2, -0.15) is 0 Å². The third-order valence-corrected chi connectivity index (χ3v) is 4.86. The van der Waals surface area contributed by atoms with Gasteiger partial charge in [-0.05, 0) is 36.4 Å². The maximum atomic E-state index is 13.4. The van der Waals surface area contributed by atoms with Crippen molar-refractivity contribution < 1.29 is 18.7 Å². The second-order valence-electron chi connectivity index (χ2n) is 6.77. The summed E-state index contributed by atoms with van der Waals surface area (Å²) in [5.41, 5.74) is 2.49. The molecule has 0 radical (unpaired) electrons. The molecule has 0 spiro atoms. The number of piperidine rings is 1. The number of benzene rings is 1. The number of halogens is 2. The lowest BCUT2D eigenvalue weighted by molar-refractivity contribution is -0.0220. The van der Waals surface area contributed by atoms with Gasteiger partial charge in [-0.25, -0.2) is 18.6 Å². The van der Waals surface area contributed by atoms with Gasteiger partial charge in [-0.15, -0.1) is 0 Å². The molecule has 8 heteroatoms. The van der Waals surface area contributed by atoms with Crippen LogP contribution in [0.2, 0.25) is 0 Å². The van der Waals surface area contributed by atoms with Crippen molar-refractivity contribution in [1.82, 2.24) is 9.97 Å².